The molecular formula is C27H31IN6. The van der Waals surface area contributed by atoms with Gasteiger partial charge in [0.05, 0.1) is 6.54 Å². The first-order valence-corrected chi connectivity index (χ1v) is 11.4. The van der Waals surface area contributed by atoms with Crippen LogP contribution in [-0.4, -0.2) is 33.6 Å². The van der Waals surface area contributed by atoms with Crippen LogP contribution < -0.4 is 10.6 Å². The molecule has 0 atom stereocenters. The van der Waals surface area contributed by atoms with Crippen LogP contribution in [-0.2, 0) is 6.54 Å². The second-order valence-corrected chi connectivity index (χ2v) is 7.78. The molecule has 176 valence electrons. The molecule has 0 aliphatic heterocycles. The van der Waals surface area contributed by atoms with Crippen LogP contribution in [0.15, 0.2) is 103 Å². The molecule has 6 nitrogen and oxygen atoms in total. The number of nitrogens with one attached hydrogen (secondary N) is 2. The van der Waals surface area contributed by atoms with Crippen LogP contribution in [0.1, 0.15) is 36.0 Å². The number of rotatable bonds is 9. The summed E-state index contributed by atoms with van der Waals surface area (Å²) in [6.07, 6.45) is 8.16. The summed E-state index contributed by atoms with van der Waals surface area (Å²) in [5.41, 5.74) is 3.75. The Morgan fingerprint density at radius 1 is 0.941 bits per heavy atom. The maximum Gasteiger partial charge on any atom is 0.191 e. The van der Waals surface area contributed by atoms with Crippen molar-refractivity contribution in [2.45, 2.75) is 25.8 Å². The van der Waals surface area contributed by atoms with Gasteiger partial charge in [0, 0.05) is 37.6 Å². The number of nitrogens with zero attached hydrogens (tertiary/aromatic N) is 4. The number of hydrogen-bond donors (Lipinski definition) is 2. The van der Waals surface area contributed by atoms with E-state index in [4.69, 9.17) is 4.99 Å². The van der Waals surface area contributed by atoms with Crippen LogP contribution in [0.2, 0.25) is 0 Å². The van der Waals surface area contributed by atoms with Crippen molar-refractivity contribution in [3.63, 3.8) is 0 Å². The molecule has 7 heteroatoms. The molecule has 4 aromatic rings. The Labute approximate surface area is 218 Å². The number of aromatic nitrogens is 3. The zero-order valence-corrected chi connectivity index (χ0v) is 21.7. The Hall–Kier alpha value is -3.20. The number of hydrogen-bond acceptors (Lipinski definition) is 3. The van der Waals surface area contributed by atoms with Gasteiger partial charge in [-0.05, 0) is 42.2 Å². The molecule has 2 aromatic heterocycles. The second kappa shape index (κ2) is 13.5. The van der Waals surface area contributed by atoms with Crippen molar-refractivity contribution in [3.8, 4) is 5.82 Å². The van der Waals surface area contributed by atoms with Crippen LogP contribution in [0.4, 0.5) is 0 Å². The molecule has 2 heterocycles. The van der Waals surface area contributed by atoms with E-state index in [-0.39, 0.29) is 24.0 Å². The summed E-state index contributed by atoms with van der Waals surface area (Å²) in [6, 6.07) is 25.4. The number of halogens is 1. The van der Waals surface area contributed by atoms with E-state index in [2.05, 4.69) is 88.2 Å². The van der Waals surface area contributed by atoms with E-state index in [1.165, 1.54) is 11.1 Å². The lowest BCUT2D eigenvalue weighted by Crippen LogP contribution is -2.38. The topological polar surface area (TPSA) is 67.1 Å². The van der Waals surface area contributed by atoms with Gasteiger partial charge in [-0.2, -0.15) is 0 Å². The summed E-state index contributed by atoms with van der Waals surface area (Å²) < 4.78 is 1.89. The van der Waals surface area contributed by atoms with E-state index in [1.807, 2.05) is 29.1 Å². The van der Waals surface area contributed by atoms with E-state index in [0.29, 0.717) is 12.5 Å². The summed E-state index contributed by atoms with van der Waals surface area (Å²) >= 11 is 0. The minimum absolute atomic E-state index is 0. The average Bonchev–Trinajstić information content (AvgIpc) is 3.42. The summed E-state index contributed by atoms with van der Waals surface area (Å²) in [5, 5.41) is 6.87. The van der Waals surface area contributed by atoms with Crippen LogP contribution in [0.3, 0.4) is 0 Å². The highest BCUT2D eigenvalue weighted by Gasteiger charge is 2.13. The highest BCUT2D eigenvalue weighted by Crippen LogP contribution is 2.27. The predicted molar refractivity (Wildman–Crippen MR) is 149 cm³/mol. The molecule has 4 rings (SSSR count). The Balaban J connectivity index is 0.00000324. The minimum atomic E-state index is 0. The normalized spacial score (nSPS) is 11.2. The van der Waals surface area contributed by atoms with Crippen molar-refractivity contribution < 1.29 is 0 Å². The molecule has 0 saturated heterocycles. The standard InChI is InChI=1S/C27H30N6.HI/c1-2-29-27(32-20-22-13-15-30-26(19-22)33-18-17-28-21-33)31-16-14-25(23-9-5-3-6-10-23)24-11-7-4-8-12-24;/h3-13,15,17-19,21,25H,2,14,16,20H2,1H3,(H2,29,31,32);1H. The Morgan fingerprint density at radius 2 is 1.65 bits per heavy atom. The number of benzene rings is 2. The number of aliphatic imine (C=N–C) groups is 1. The third kappa shape index (κ3) is 7.15. The van der Waals surface area contributed by atoms with Gasteiger partial charge < -0.3 is 10.6 Å². The van der Waals surface area contributed by atoms with Gasteiger partial charge in [0.15, 0.2) is 5.96 Å². The highest BCUT2D eigenvalue weighted by molar-refractivity contribution is 14.0. The average molecular weight is 566 g/mol. The van der Waals surface area contributed by atoms with E-state index >= 15 is 0 Å². The maximum atomic E-state index is 4.79. The predicted octanol–water partition coefficient (Wildman–Crippen LogP) is 5.16. The molecule has 2 N–H and O–H groups in total. The molecule has 0 aliphatic rings. The first-order chi connectivity index (χ1) is 16.3. The van der Waals surface area contributed by atoms with E-state index in [0.717, 1.165) is 36.9 Å². The van der Waals surface area contributed by atoms with Crippen molar-refractivity contribution in [1.82, 2.24) is 25.2 Å². The van der Waals surface area contributed by atoms with Gasteiger partial charge in [-0.15, -0.1) is 24.0 Å². The van der Waals surface area contributed by atoms with E-state index in [1.54, 1.807) is 12.5 Å². The van der Waals surface area contributed by atoms with Crippen molar-refractivity contribution in [3.05, 3.63) is 114 Å². The van der Waals surface area contributed by atoms with Crippen molar-refractivity contribution in [2.75, 3.05) is 13.1 Å². The van der Waals surface area contributed by atoms with Crippen molar-refractivity contribution >= 4 is 29.9 Å². The van der Waals surface area contributed by atoms with Gasteiger partial charge in [-0.25, -0.2) is 15.0 Å². The molecule has 0 spiro atoms. The van der Waals surface area contributed by atoms with Crippen molar-refractivity contribution in [2.24, 2.45) is 4.99 Å². The van der Waals surface area contributed by atoms with Gasteiger partial charge in [-0.1, -0.05) is 60.7 Å². The van der Waals surface area contributed by atoms with Gasteiger partial charge in [-0.3, -0.25) is 4.57 Å². The molecule has 34 heavy (non-hydrogen) atoms. The summed E-state index contributed by atoms with van der Waals surface area (Å²) in [4.78, 5) is 13.3. The van der Waals surface area contributed by atoms with Crippen LogP contribution in [0, 0.1) is 0 Å². The number of pyridine rings is 1. The van der Waals surface area contributed by atoms with Gasteiger partial charge >= 0.3 is 0 Å². The van der Waals surface area contributed by atoms with Gasteiger partial charge in [0.25, 0.3) is 0 Å². The monoisotopic (exact) mass is 566 g/mol. The largest absolute Gasteiger partial charge is 0.357 e. The van der Waals surface area contributed by atoms with Crippen molar-refractivity contribution in [1.29, 1.82) is 0 Å². The molecule has 0 fully saturated rings. The fraction of sp³-hybridized carbons (Fsp3) is 0.222. The van der Waals surface area contributed by atoms with Crippen LogP contribution in [0.25, 0.3) is 5.82 Å². The Bertz CT molecular complexity index is 1090. The summed E-state index contributed by atoms with van der Waals surface area (Å²) in [6.45, 7) is 4.28. The summed E-state index contributed by atoms with van der Waals surface area (Å²) in [7, 11) is 0. The molecular weight excluding hydrogens is 535 g/mol. The van der Waals surface area contributed by atoms with Crippen LogP contribution in [0.5, 0.6) is 0 Å². The summed E-state index contributed by atoms with van der Waals surface area (Å²) in [5.74, 6) is 1.99. The third-order valence-corrected chi connectivity index (χ3v) is 5.47. The molecule has 0 amide bonds. The smallest absolute Gasteiger partial charge is 0.191 e. The Kier molecular flexibility index (Phi) is 10.1. The molecule has 0 unspecified atom stereocenters. The highest BCUT2D eigenvalue weighted by atomic mass is 127. The molecule has 0 aliphatic carbocycles. The van der Waals surface area contributed by atoms with E-state index in [9.17, 15) is 0 Å². The zero-order valence-electron chi connectivity index (χ0n) is 19.3. The molecule has 2 aromatic carbocycles. The van der Waals surface area contributed by atoms with Gasteiger partial charge in [0.1, 0.15) is 12.1 Å². The molecule has 0 bridgehead atoms. The molecule has 0 radical (unpaired) electrons. The van der Waals surface area contributed by atoms with Gasteiger partial charge in [0.2, 0.25) is 0 Å². The number of guanidine groups is 1. The number of imidazole rings is 1. The Morgan fingerprint density at radius 3 is 2.26 bits per heavy atom. The lowest BCUT2D eigenvalue weighted by Gasteiger charge is -2.19. The first kappa shape index (κ1) is 25.4. The zero-order chi connectivity index (χ0) is 22.7. The lowest BCUT2D eigenvalue weighted by atomic mass is 9.88. The first-order valence-electron chi connectivity index (χ1n) is 11.4. The fourth-order valence-electron chi connectivity index (χ4n) is 3.84. The fourth-order valence-corrected chi connectivity index (χ4v) is 3.84. The SMILES string of the molecule is CCNC(=NCc1ccnc(-n2ccnc2)c1)NCCC(c1ccccc1)c1ccccc1.I. The van der Waals surface area contributed by atoms with E-state index < -0.39 is 0 Å². The molecule has 0 saturated carbocycles. The quantitative estimate of drug-likeness (QED) is 0.167. The second-order valence-electron chi connectivity index (χ2n) is 7.78. The minimum Gasteiger partial charge on any atom is -0.357 e. The van der Waals surface area contributed by atoms with Crippen LogP contribution >= 0.6 is 24.0 Å². The third-order valence-electron chi connectivity index (χ3n) is 5.47. The maximum absolute atomic E-state index is 4.79. The lowest BCUT2D eigenvalue weighted by molar-refractivity contribution is 0.679.